The standard InChI is InChI=1S/C19H18ClFN2O3/c1-12-10-23(16-5-3-2-4-14(16)20)19(26)11-22(12)18(25)9-13-6-7-17(24)15(21)8-13/h2-8,12,24H,9-11H2,1H3/t12-/m1/s1. The van der Waals surface area contributed by atoms with Crippen LogP contribution in [0.1, 0.15) is 12.5 Å². The van der Waals surface area contributed by atoms with Crippen molar-refractivity contribution >= 4 is 29.1 Å². The van der Waals surface area contributed by atoms with Crippen LogP contribution in [0.15, 0.2) is 42.5 Å². The zero-order valence-electron chi connectivity index (χ0n) is 14.2. The van der Waals surface area contributed by atoms with Crippen molar-refractivity contribution in [2.24, 2.45) is 0 Å². The number of hydrogen-bond acceptors (Lipinski definition) is 3. The maximum Gasteiger partial charge on any atom is 0.246 e. The molecule has 1 atom stereocenters. The molecule has 0 aliphatic carbocycles. The second-order valence-corrected chi connectivity index (χ2v) is 6.70. The predicted octanol–water partition coefficient (Wildman–Crippen LogP) is 2.99. The molecular weight excluding hydrogens is 359 g/mol. The van der Waals surface area contributed by atoms with Gasteiger partial charge in [-0.2, -0.15) is 0 Å². The number of amides is 2. The van der Waals surface area contributed by atoms with Crippen LogP contribution in [0.5, 0.6) is 5.75 Å². The summed E-state index contributed by atoms with van der Waals surface area (Å²) in [5.41, 5.74) is 1.07. The van der Waals surface area contributed by atoms with Gasteiger partial charge in [0.25, 0.3) is 0 Å². The summed E-state index contributed by atoms with van der Waals surface area (Å²) in [7, 11) is 0. The van der Waals surface area contributed by atoms with E-state index in [1.165, 1.54) is 17.0 Å². The lowest BCUT2D eigenvalue weighted by molar-refractivity contribution is -0.138. The molecule has 0 spiro atoms. The summed E-state index contributed by atoms with van der Waals surface area (Å²) in [5, 5.41) is 9.71. The Balaban J connectivity index is 1.73. The second-order valence-electron chi connectivity index (χ2n) is 6.29. The highest BCUT2D eigenvalue weighted by Gasteiger charge is 2.33. The monoisotopic (exact) mass is 376 g/mol. The van der Waals surface area contributed by atoms with E-state index in [2.05, 4.69) is 0 Å². The number of carbonyl (C=O) groups excluding carboxylic acids is 2. The molecule has 2 aromatic rings. The summed E-state index contributed by atoms with van der Waals surface area (Å²) >= 11 is 6.17. The number of nitrogens with zero attached hydrogens (tertiary/aromatic N) is 2. The van der Waals surface area contributed by atoms with Crippen molar-refractivity contribution in [3.8, 4) is 5.75 Å². The molecule has 1 aliphatic rings. The fourth-order valence-corrected chi connectivity index (χ4v) is 3.26. The van der Waals surface area contributed by atoms with Crippen molar-refractivity contribution in [3.63, 3.8) is 0 Å². The molecule has 0 aromatic heterocycles. The van der Waals surface area contributed by atoms with Crippen LogP contribution in [0.25, 0.3) is 0 Å². The fourth-order valence-electron chi connectivity index (χ4n) is 3.03. The zero-order chi connectivity index (χ0) is 18.8. The zero-order valence-corrected chi connectivity index (χ0v) is 14.9. The highest BCUT2D eigenvalue weighted by molar-refractivity contribution is 6.33. The number of halogens is 2. The second kappa shape index (κ2) is 7.33. The first-order chi connectivity index (χ1) is 12.4. The van der Waals surface area contributed by atoms with Gasteiger partial charge < -0.3 is 14.9 Å². The lowest BCUT2D eigenvalue weighted by Crippen LogP contribution is -2.57. The van der Waals surface area contributed by atoms with Crippen molar-refractivity contribution in [3.05, 3.63) is 58.9 Å². The Kier molecular flexibility index (Phi) is 5.13. The van der Waals surface area contributed by atoms with Gasteiger partial charge in [0.05, 0.1) is 17.1 Å². The number of hydrogen-bond donors (Lipinski definition) is 1. The SMILES string of the molecule is C[C@@H]1CN(c2ccccc2Cl)C(=O)CN1C(=O)Cc1ccc(O)c(F)c1. The molecule has 1 fully saturated rings. The van der Waals surface area contributed by atoms with Crippen LogP contribution in [-0.4, -0.2) is 41.0 Å². The number of benzene rings is 2. The molecule has 1 N–H and O–H groups in total. The lowest BCUT2D eigenvalue weighted by Gasteiger charge is -2.39. The van der Waals surface area contributed by atoms with Gasteiger partial charge >= 0.3 is 0 Å². The Morgan fingerprint density at radius 3 is 2.73 bits per heavy atom. The third-order valence-corrected chi connectivity index (χ3v) is 4.74. The van der Waals surface area contributed by atoms with E-state index in [9.17, 15) is 19.1 Å². The molecule has 1 saturated heterocycles. The minimum absolute atomic E-state index is 0.0408. The Morgan fingerprint density at radius 2 is 2.04 bits per heavy atom. The molecule has 1 aliphatic heterocycles. The van der Waals surface area contributed by atoms with Gasteiger partial charge in [-0.3, -0.25) is 9.59 Å². The quantitative estimate of drug-likeness (QED) is 0.895. The predicted molar refractivity (Wildman–Crippen MR) is 96.7 cm³/mol. The molecule has 7 heteroatoms. The van der Waals surface area contributed by atoms with Crippen molar-refractivity contribution in [1.29, 1.82) is 0 Å². The van der Waals surface area contributed by atoms with E-state index in [4.69, 9.17) is 11.6 Å². The van der Waals surface area contributed by atoms with E-state index in [0.717, 1.165) is 6.07 Å². The number of piperazine rings is 1. The van der Waals surface area contributed by atoms with Crippen molar-refractivity contribution < 1.29 is 19.1 Å². The maximum atomic E-state index is 13.4. The van der Waals surface area contributed by atoms with Gasteiger partial charge in [0.15, 0.2) is 11.6 Å². The van der Waals surface area contributed by atoms with Crippen molar-refractivity contribution in [2.45, 2.75) is 19.4 Å². The smallest absolute Gasteiger partial charge is 0.246 e. The fraction of sp³-hybridized carbons (Fsp3) is 0.263. The molecule has 26 heavy (non-hydrogen) atoms. The summed E-state index contributed by atoms with van der Waals surface area (Å²) in [5.74, 6) is -1.72. The van der Waals surface area contributed by atoms with Crippen LogP contribution in [0.4, 0.5) is 10.1 Å². The molecule has 0 bridgehead atoms. The molecule has 136 valence electrons. The van der Waals surface area contributed by atoms with E-state index in [1.54, 1.807) is 29.2 Å². The van der Waals surface area contributed by atoms with E-state index < -0.39 is 11.6 Å². The van der Waals surface area contributed by atoms with E-state index in [1.807, 2.05) is 6.92 Å². The average Bonchev–Trinajstić information content (AvgIpc) is 2.60. The molecule has 2 aromatic carbocycles. The van der Waals surface area contributed by atoms with Gasteiger partial charge in [-0.25, -0.2) is 4.39 Å². The number of anilines is 1. The number of aromatic hydroxyl groups is 1. The molecular formula is C19H18ClFN2O3. The van der Waals surface area contributed by atoms with Gasteiger partial charge in [0.2, 0.25) is 11.8 Å². The molecule has 0 saturated carbocycles. The third kappa shape index (κ3) is 3.65. The van der Waals surface area contributed by atoms with Crippen LogP contribution >= 0.6 is 11.6 Å². The van der Waals surface area contributed by atoms with Gasteiger partial charge in [-0.1, -0.05) is 29.8 Å². The normalized spacial score (nSPS) is 17.5. The van der Waals surface area contributed by atoms with Gasteiger partial charge in [0, 0.05) is 12.6 Å². The van der Waals surface area contributed by atoms with Crippen LogP contribution in [0.3, 0.4) is 0 Å². The van der Waals surface area contributed by atoms with Crippen LogP contribution < -0.4 is 4.90 Å². The summed E-state index contributed by atoms with van der Waals surface area (Å²) in [6.07, 6.45) is -0.0408. The summed E-state index contributed by atoms with van der Waals surface area (Å²) in [4.78, 5) is 28.2. The lowest BCUT2D eigenvalue weighted by atomic mass is 10.1. The molecule has 3 rings (SSSR count). The first-order valence-corrected chi connectivity index (χ1v) is 8.56. The Labute approximate surface area is 155 Å². The van der Waals surface area contributed by atoms with Gasteiger partial charge in [-0.05, 0) is 36.8 Å². The summed E-state index contributed by atoms with van der Waals surface area (Å²) in [6, 6.07) is 10.7. The molecule has 1 heterocycles. The minimum Gasteiger partial charge on any atom is -0.505 e. The Bertz CT molecular complexity index is 858. The average molecular weight is 377 g/mol. The summed E-state index contributed by atoms with van der Waals surface area (Å²) < 4.78 is 13.4. The number of phenols is 1. The molecule has 2 amide bonds. The van der Waals surface area contributed by atoms with E-state index >= 15 is 0 Å². The Hall–Kier alpha value is -2.60. The number of rotatable bonds is 3. The van der Waals surface area contributed by atoms with E-state index in [-0.39, 0.29) is 30.8 Å². The van der Waals surface area contributed by atoms with E-state index in [0.29, 0.717) is 22.8 Å². The third-order valence-electron chi connectivity index (χ3n) is 4.42. The number of carbonyl (C=O) groups is 2. The van der Waals surface area contributed by atoms with Crippen LogP contribution in [-0.2, 0) is 16.0 Å². The topological polar surface area (TPSA) is 60.9 Å². The molecule has 0 radical (unpaired) electrons. The van der Waals surface area contributed by atoms with Gasteiger partial charge in [-0.15, -0.1) is 0 Å². The van der Waals surface area contributed by atoms with Crippen molar-refractivity contribution in [2.75, 3.05) is 18.0 Å². The van der Waals surface area contributed by atoms with Crippen LogP contribution in [0, 0.1) is 5.82 Å². The molecule has 0 unspecified atom stereocenters. The summed E-state index contributed by atoms with van der Waals surface area (Å²) in [6.45, 7) is 2.12. The largest absolute Gasteiger partial charge is 0.505 e. The minimum atomic E-state index is -0.775. The first-order valence-electron chi connectivity index (χ1n) is 8.18. The highest BCUT2D eigenvalue weighted by atomic mass is 35.5. The first kappa shape index (κ1) is 18.2. The molecule has 5 nitrogen and oxygen atoms in total. The van der Waals surface area contributed by atoms with Crippen LogP contribution in [0.2, 0.25) is 5.02 Å². The van der Waals surface area contributed by atoms with Crippen molar-refractivity contribution in [1.82, 2.24) is 4.90 Å². The maximum absolute atomic E-state index is 13.4. The van der Waals surface area contributed by atoms with Gasteiger partial charge in [0.1, 0.15) is 6.54 Å². The Morgan fingerprint density at radius 1 is 1.31 bits per heavy atom. The number of para-hydroxylation sites is 1. The highest BCUT2D eigenvalue weighted by Crippen LogP contribution is 2.28. The number of phenolic OH excluding ortho intramolecular Hbond substituents is 1.